The largest absolute Gasteiger partial charge is 0.494 e. The molecule has 1 aromatic carbocycles. The first-order valence-electron chi connectivity index (χ1n) is 7.67. The van der Waals surface area contributed by atoms with Crippen LogP contribution < -0.4 is 4.74 Å². The van der Waals surface area contributed by atoms with Crippen molar-refractivity contribution in [2.24, 2.45) is 5.92 Å². The molecule has 1 saturated carbocycles. The van der Waals surface area contributed by atoms with Crippen LogP contribution >= 0.6 is 0 Å². The fourth-order valence-electron chi connectivity index (χ4n) is 2.87. The first-order chi connectivity index (χ1) is 9.70. The SMILES string of the molecule is CCOc1ccc(CN(C)C(=O)C2CCCCC2)cc1. The maximum atomic E-state index is 12.4. The molecule has 0 aromatic heterocycles. The summed E-state index contributed by atoms with van der Waals surface area (Å²) in [4.78, 5) is 14.2. The zero-order valence-corrected chi connectivity index (χ0v) is 12.6. The Morgan fingerprint density at radius 2 is 1.85 bits per heavy atom. The molecule has 3 nitrogen and oxygen atoms in total. The number of ether oxygens (including phenoxy) is 1. The lowest BCUT2D eigenvalue weighted by Crippen LogP contribution is -2.33. The first-order valence-corrected chi connectivity index (χ1v) is 7.67. The van der Waals surface area contributed by atoms with Crippen molar-refractivity contribution in [3.05, 3.63) is 29.8 Å². The summed E-state index contributed by atoms with van der Waals surface area (Å²) in [5.41, 5.74) is 1.15. The number of carbonyl (C=O) groups excluding carboxylic acids is 1. The van der Waals surface area contributed by atoms with Gasteiger partial charge in [0.25, 0.3) is 0 Å². The summed E-state index contributed by atoms with van der Waals surface area (Å²) in [5, 5.41) is 0. The molecular formula is C17H25NO2. The molecule has 0 atom stereocenters. The molecule has 2 rings (SSSR count). The molecule has 1 amide bonds. The molecule has 110 valence electrons. The third-order valence-corrected chi connectivity index (χ3v) is 3.98. The van der Waals surface area contributed by atoms with E-state index in [1.54, 1.807) is 0 Å². The zero-order valence-electron chi connectivity index (χ0n) is 12.6. The van der Waals surface area contributed by atoms with Gasteiger partial charge in [0, 0.05) is 19.5 Å². The summed E-state index contributed by atoms with van der Waals surface area (Å²) in [6.07, 6.45) is 5.81. The van der Waals surface area contributed by atoms with E-state index in [9.17, 15) is 4.79 Å². The van der Waals surface area contributed by atoms with E-state index in [-0.39, 0.29) is 5.92 Å². The van der Waals surface area contributed by atoms with Gasteiger partial charge < -0.3 is 9.64 Å². The highest BCUT2D eigenvalue weighted by molar-refractivity contribution is 5.78. The average molecular weight is 275 g/mol. The van der Waals surface area contributed by atoms with E-state index in [1.165, 1.54) is 19.3 Å². The summed E-state index contributed by atoms with van der Waals surface area (Å²) in [6, 6.07) is 8.01. The Bertz CT molecular complexity index is 421. The maximum absolute atomic E-state index is 12.4. The highest BCUT2D eigenvalue weighted by atomic mass is 16.5. The predicted octanol–water partition coefficient (Wildman–Crippen LogP) is 3.62. The summed E-state index contributed by atoms with van der Waals surface area (Å²) in [6.45, 7) is 3.34. The van der Waals surface area contributed by atoms with Crippen LogP contribution in [0.2, 0.25) is 0 Å². The Kier molecular flexibility index (Phi) is 5.45. The molecular weight excluding hydrogens is 250 g/mol. The predicted molar refractivity (Wildman–Crippen MR) is 80.7 cm³/mol. The standard InChI is InChI=1S/C17H25NO2/c1-3-20-16-11-9-14(10-12-16)13-18(2)17(19)15-7-5-4-6-8-15/h9-12,15H,3-8,13H2,1-2H3. The topological polar surface area (TPSA) is 29.5 Å². The minimum absolute atomic E-state index is 0.247. The number of rotatable bonds is 5. The number of hydrogen-bond acceptors (Lipinski definition) is 2. The van der Waals surface area contributed by atoms with E-state index in [4.69, 9.17) is 4.74 Å². The Hall–Kier alpha value is -1.51. The minimum Gasteiger partial charge on any atom is -0.494 e. The number of hydrogen-bond donors (Lipinski definition) is 0. The van der Waals surface area contributed by atoms with Gasteiger partial charge in [-0.15, -0.1) is 0 Å². The molecule has 20 heavy (non-hydrogen) atoms. The fourth-order valence-corrected chi connectivity index (χ4v) is 2.87. The average Bonchev–Trinajstić information content (AvgIpc) is 2.49. The smallest absolute Gasteiger partial charge is 0.225 e. The van der Waals surface area contributed by atoms with Gasteiger partial charge in [-0.3, -0.25) is 4.79 Å². The minimum atomic E-state index is 0.247. The summed E-state index contributed by atoms with van der Waals surface area (Å²) in [7, 11) is 1.91. The molecule has 0 aliphatic heterocycles. The Morgan fingerprint density at radius 3 is 2.45 bits per heavy atom. The Morgan fingerprint density at radius 1 is 1.20 bits per heavy atom. The molecule has 0 spiro atoms. The van der Waals surface area contributed by atoms with Crippen molar-refractivity contribution in [3.63, 3.8) is 0 Å². The van der Waals surface area contributed by atoms with Crippen molar-refractivity contribution in [2.45, 2.75) is 45.6 Å². The van der Waals surface area contributed by atoms with Crippen LogP contribution in [0.4, 0.5) is 0 Å². The molecule has 1 aliphatic carbocycles. The van der Waals surface area contributed by atoms with Gasteiger partial charge >= 0.3 is 0 Å². The quantitative estimate of drug-likeness (QED) is 0.821. The van der Waals surface area contributed by atoms with Crippen molar-refractivity contribution in [2.75, 3.05) is 13.7 Å². The van der Waals surface area contributed by atoms with Crippen LogP contribution in [0.15, 0.2) is 24.3 Å². The van der Waals surface area contributed by atoms with E-state index in [2.05, 4.69) is 0 Å². The van der Waals surface area contributed by atoms with Crippen molar-refractivity contribution >= 4 is 5.91 Å². The second kappa shape index (κ2) is 7.32. The molecule has 1 aromatic rings. The van der Waals surface area contributed by atoms with Crippen LogP contribution in [0.25, 0.3) is 0 Å². The van der Waals surface area contributed by atoms with Gasteiger partial charge in [-0.05, 0) is 37.5 Å². The number of nitrogens with zero attached hydrogens (tertiary/aromatic N) is 1. The van der Waals surface area contributed by atoms with Crippen LogP contribution in [0.1, 0.15) is 44.6 Å². The molecule has 1 fully saturated rings. The van der Waals surface area contributed by atoms with Gasteiger partial charge in [-0.1, -0.05) is 31.4 Å². The van der Waals surface area contributed by atoms with E-state index < -0.39 is 0 Å². The van der Waals surface area contributed by atoms with E-state index >= 15 is 0 Å². The molecule has 0 N–H and O–H groups in total. The van der Waals surface area contributed by atoms with E-state index in [0.717, 1.165) is 24.2 Å². The maximum Gasteiger partial charge on any atom is 0.225 e. The van der Waals surface area contributed by atoms with E-state index in [0.29, 0.717) is 19.1 Å². The molecule has 3 heteroatoms. The van der Waals surface area contributed by atoms with Gasteiger partial charge in [-0.2, -0.15) is 0 Å². The van der Waals surface area contributed by atoms with Gasteiger partial charge in [-0.25, -0.2) is 0 Å². The third kappa shape index (κ3) is 3.99. The van der Waals surface area contributed by atoms with Crippen molar-refractivity contribution in [1.82, 2.24) is 4.90 Å². The first kappa shape index (κ1) is 14.9. The van der Waals surface area contributed by atoms with Crippen molar-refractivity contribution < 1.29 is 9.53 Å². The van der Waals surface area contributed by atoms with Crippen LogP contribution in [0.5, 0.6) is 5.75 Å². The Labute approximate surface area is 121 Å². The molecule has 0 heterocycles. The van der Waals surface area contributed by atoms with Crippen LogP contribution in [0.3, 0.4) is 0 Å². The number of benzene rings is 1. The summed E-state index contributed by atoms with van der Waals surface area (Å²) in [5.74, 6) is 1.44. The van der Waals surface area contributed by atoms with Crippen LogP contribution in [0, 0.1) is 5.92 Å². The van der Waals surface area contributed by atoms with Gasteiger partial charge in [0.1, 0.15) is 5.75 Å². The molecule has 0 radical (unpaired) electrons. The number of carbonyl (C=O) groups is 1. The summed E-state index contributed by atoms with van der Waals surface area (Å²) < 4.78 is 5.43. The highest BCUT2D eigenvalue weighted by Gasteiger charge is 2.23. The lowest BCUT2D eigenvalue weighted by atomic mass is 9.88. The fraction of sp³-hybridized carbons (Fsp3) is 0.588. The third-order valence-electron chi connectivity index (χ3n) is 3.98. The van der Waals surface area contributed by atoms with Gasteiger partial charge in [0.05, 0.1) is 6.61 Å². The van der Waals surface area contributed by atoms with Gasteiger partial charge in [0.15, 0.2) is 0 Å². The molecule has 0 unspecified atom stereocenters. The van der Waals surface area contributed by atoms with Crippen LogP contribution in [-0.4, -0.2) is 24.5 Å². The van der Waals surface area contributed by atoms with Crippen molar-refractivity contribution in [3.8, 4) is 5.75 Å². The Balaban J connectivity index is 1.89. The summed E-state index contributed by atoms with van der Waals surface area (Å²) >= 11 is 0. The second-order valence-electron chi connectivity index (χ2n) is 5.61. The normalized spacial score (nSPS) is 15.9. The van der Waals surface area contributed by atoms with Gasteiger partial charge in [0.2, 0.25) is 5.91 Å². The monoisotopic (exact) mass is 275 g/mol. The second-order valence-corrected chi connectivity index (χ2v) is 5.61. The van der Waals surface area contributed by atoms with Crippen LogP contribution in [-0.2, 0) is 11.3 Å². The molecule has 0 bridgehead atoms. The lowest BCUT2D eigenvalue weighted by Gasteiger charge is -2.26. The molecule has 1 aliphatic rings. The highest BCUT2D eigenvalue weighted by Crippen LogP contribution is 2.25. The van der Waals surface area contributed by atoms with E-state index in [1.807, 2.05) is 43.1 Å². The number of amides is 1. The molecule has 0 saturated heterocycles. The zero-order chi connectivity index (χ0) is 14.4. The lowest BCUT2D eigenvalue weighted by molar-refractivity contribution is -0.135. The van der Waals surface area contributed by atoms with Crippen molar-refractivity contribution in [1.29, 1.82) is 0 Å².